The van der Waals surface area contributed by atoms with Crippen LogP contribution in [0.15, 0.2) is 62.7 Å². The molecule has 0 radical (unpaired) electrons. The summed E-state index contributed by atoms with van der Waals surface area (Å²) in [5.74, 6) is -0.592. The number of thiophene rings is 1. The highest BCUT2D eigenvalue weighted by Gasteiger charge is 2.23. The third-order valence-corrected chi connectivity index (χ3v) is 6.64. The molecule has 0 spiro atoms. The molecule has 1 aromatic carbocycles. The molecule has 4 rings (SSSR count). The first-order valence-corrected chi connectivity index (χ1v) is 11.4. The van der Waals surface area contributed by atoms with Gasteiger partial charge in [0.15, 0.2) is 5.78 Å². The van der Waals surface area contributed by atoms with Crippen LogP contribution in [0.25, 0.3) is 10.2 Å². The second-order valence-corrected chi connectivity index (χ2v) is 8.55. The maximum Gasteiger partial charge on any atom is 0.332 e. The number of thioether (sulfide) groups is 1. The van der Waals surface area contributed by atoms with Gasteiger partial charge >= 0.3 is 5.69 Å². The quantitative estimate of drug-likeness (QED) is 0.260. The van der Waals surface area contributed by atoms with E-state index in [0.29, 0.717) is 5.03 Å². The van der Waals surface area contributed by atoms with Crippen LogP contribution in [0.1, 0.15) is 22.8 Å². The number of nitrogen functional groups attached to an aromatic ring is 1. The van der Waals surface area contributed by atoms with Gasteiger partial charge in [-0.2, -0.15) is 0 Å². The zero-order chi connectivity index (χ0) is 22.0. The van der Waals surface area contributed by atoms with Gasteiger partial charge in [-0.15, -0.1) is 11.3 Å². The molecule has 2 N–H and O–H groups in total. The van der Waals surface area contributed by atoms with Crippen molar-refractivity contribution in [3.05, 3.63) is 80.1 Å². The maximum atomic E-state index is 13.0. The number of hydrogen-bond donors (Lipinski definition) is 1. The molecule has 31 heavy (non-hydrogen) atoms. The Morgan fingerprint density at radius 2 is 1.90 bits per heavy atom. The summed E-state index contributed by atoms with van der Waals surface area (Å²) in [4.78, 5) is 48.0. The molecule has 0 fully saturated rings. The van der Waals surface area contributed by atoms with Crippen LogP contribution in [-0.4, -0.2) is 30.6 Å². The molecule has 10 heteroatoms. The van der Waals surface area contributed by atoms with Crippen LogP contribution in [0.5, 0.6) is 0 Å². The number of aromatic nitrogens is 4. The summed E-state index contributed by atoms with van der Waals surface area (Å²) >= 11 is 2.70. The van der Waals surface area contributed by atoms with Crippen LogP contribution >= 0.6 is 23.1 Å². The number of fused-ring (bicyclic) bond motifs is 1. The third kappa shape index (κ3) is 4.04. The van der Waals surface area contributed by atoms with Gasteiger partial charge in [0, 0.05) is 11.9 Å². The van der Waals surface area contributed by atoms with Crippen molar-refractivity contribution in [2.45, 2.75) is 25.0 Å². The highest BCUT2D eigenvalue weighted by atomic mass is 32.2. The molecule has 0 aliphatic heterocycles. The molecular formula is C21H19N5O3S2. The number of hydrogen-bond acceptors (Lipinski definition) is 8. The van der Waals surface area contributed by atoms with Crippen LogP contribution < -0.4 is 17.0 Å². The number of nitrogens with two attached hydrogens (primary N) is 1. The molecule has 0 amide bonds. The zero-order valence-electron chi connectivity index (χ0n) is 16.6. The summed E-state index contributed by atoms with van der Waals surface area (Å²) in [5.41, 5.74) is 5.67. The topological polar surface area (TPSA) is 113 Å². The Labute approximate surface area is 185 Å². The summed E-state index contributed by atoms with van der Waals surface area (Å²) in [5, 5.41) is 3.42. The standard InChI is InChI=1S/C21H19N5O3S2/c1-2-25-20(28)16(17(22)26(21(25)29)10-13-6-4-3-5-7-13)15(27)11-31-19-14-8-9-30-18(14)23-12-24-19/h3-9,12H,2,10-11,22H2,1H3. The minimum atomic E-state index is -0.664. The predicted octanol–water partition coefficient (Wildman–Crippen LogP) is 2.64. The highest BCUT2D eigenvalue weighted by molar-refractivity contribution is 8.00. The Kier molecular flexibility index (Phi) is 6.01. The molecule has 0 aliphatic carbocycles. The number of rotatable bonds is 7. The average molecular weight is 454 g/mol. The Morgan fingerprint density at radius 1 is 1.13 bits per heavy atom. The smallest absolute Gasteiger partial charge is 0.332 e. The van der Waals surface area contributed by atoms with Crippen LogP contribution in [0.2, 0.25) is 0 Å². The van der Waals surface area contributed by atoms with Gasteiger partial charge in [0.25, 0.3) is 5.56 Å². The summed E-state index contributed by atoms with van der Waals surface area (Å²) < 4.78 is 2.32. The Balaban J connectivity index is 1.70. The van der Waals surface area contributed by atoms with Gasteiger partial charge in [-0.05, 0) is 23.9 Å². The Hall–Kier alpha value is -3.24. The van der Waals surface area contributed by atoms with E-state index in [-0.39, 0.29) is 30.2 Å². The Morgan fingerprint density at radius 3 is 2.65 bits per heavy atom. The molecule has 3 heterocycles. The molecule has 8 nitrogen and oxygen atoms in total. The van der Waals surface area contributed by atoms with Crippen molar-refractivity contribution in [2.24, 2.45) is 0 Å². The summed E-state index contributed by atoms with van der Waals surface area (Å²) in [6, 6.07) is 11.2. The first-order valence-electron chi connectivity index (χ1n) is 9.52. The summed E-state index contributed by atoms with van der Waals surface area (Å²) in [7, 11) is 0. The van der Waals surface area contributed by atoms with Crippen molar-refractivity contribution in [3.8, 4) is 0 Å². The van der Waals surface area contributed by atoms with E-state index < -0.39 is 17.0 Å². The third-order valence-electron chi connectivity index (χ3n) is 4.81. The fourth-order valence-electron chi connectivity index (χ4n) is 3.26. The monoisotopic (exact) mass is 453 g/mol. The minimum absolute atomic E-state index is 0.0331. The largest absolute Gasteiger partial charge is 0.384 e. The van der Waals surface area contributed by atoms with Gasteiger partial charge in [-0.3, -0.25) is 18.7 Å². The number of carbonyl (C=O) groups is 1. The molecule has 0 saturated heterocycles. The fourth-order valence-corrected chi connectivity index (χ4v) is 4.91. The van der Waals surface area contributed by atoms with Gasteiger partial charge in [0.1, 0.15) is 27.6 Å². The molecule has 0 unspecified atom stereocenters. The number of benzene rings is 1. The highest BCUT2D eigenvalue weighted by Crippen LogP contribution is 2.28. The number of Topliss-reactive ketones (excluding diaryl/α,β-unsaturated/α-hetero) is 1. The van der Waals surface area contributed by atoms with Crippen molar-refractivity contribution in [1.29, 1.82) is 0 Å². The molecule has 0 atom stereocenters. The van der Waals surface area contributed by atoms with Crippen LogP contribution in [0, 0.1) is 0 Å². The van der Waals surface area contributed by atoms with Crippen molar-refractivity contribution in [2.75, 3.05) is 11.5 Å². The zero-order valence-corrected chi connectivity index (χ0v) is 18.3. The van der Waals surface area contributed by atoms with Crippen LogP contribution in [0.4, 0.5) is 5.82 Å². The average Bonchev–Trinajstić information content (AvgIpc) is 3.26. The minimum Gasteiger partial charge on any atom is -0.384 e. The maximum absolute atomic E-state index is 13.0. The van der Waals surface area contributed by atoms with Crippen molar-refractivity contribution >= 4 is 44.9 Å². The fraction of sp³-hybridized carbons (Fsp3) is 0.190. The lowest BCUT2D eigenvalue weighted by molar-refractivity contribution is 0.102. The van der Waals surface area contributed by atoms with Gasteiger partial charge in [0.2, 0.25) is 0 Å². The van der Waals surface area contributed by atoms with E-state index in [1.54, 1.807) is 6.92 Å². The molecular weight excluding hydrogens is 434 g/mol. The van der Waals surface area contributed by atoms with Crippen molar-refractivity contribution in [3.63, 3.8) is 0 Å². The van der Waals surface area contributed by atoms with Gasteiger partial charge in [-0.1, -0.05) is 42.1 Å². The van der Waals surface area contributed by atoms with Crippen LogP contribution in [0.3, 0.4) is 0 Å². The number of carbonyl (C=O) groups excluding carboxylic acids is 1. The number of nitrogens with zero attached hydrogens (tertiary/aromatic N) is 4. The lowest BCUT2D eigenvalue weighted by atomic mass is 10.2. The SMILES string of the molecule is CCn1c(=O)c(C(=O)CSc2ncnc3sccc23)c(N)n(Cc2ccccc2)c1=O. The van der Waals surface area contributed by atoms with Crippen molar-refractivity contribution in [1.82, 2.24) is 19.1 Å². The lowest BCUT2D eigenvalue weighted by Gasteiger charge is -2.15. The van der Waals surface area contributed by atoms with Gasteiger partial charge in [0.05, 0.1) is 12.3 Å². The molecule has 3 aromatic heterocycles. The van der Waals surface area contributed by atoms with E-state index in [4.69, 9.17) is 5.73 Å². The van der Waals surface area contributed by atoms with Crippen molar-refractivity contribution < 1.29 is 4.79 Å². The molecule has 0 aliphatic rings. The number of ketones is 1. The van der Waals surface area contributed by atoms with Gasteiger partial charge in [-0.25, -0.2) is 14.8 Å². The van der Waals surface area contributed by atoms with Crippen LogP contribution in [-0.2, 0) is 13.1 Å². The normalized spacial score (nSPS) is 11.1. The lowest BCUT2D eigenvalue weighted by Crippen LogP contribution is -2.44. The second-order valence-electron chi connectivity index (χ2n) is 6.69. The first kappa shape index (κ1) is 21.0. The molecule has 0 saturated carbocycles. The molecule has 158 valence electrons. The van der Waals surface area contributed by atoms with E-state index in [0.717, 1.165) is 20.3 Å². The summed E-state index contributed by atoms with van der Waals surface area (Å²) in [6.07, 6.45) is 1.45. The Bertz CT molecular complexity index is 1380. The number of anilines is 1. The van der Waals surface area contributed by atoms with Gasteiger partial charge < -0.3 is 5.73 Å². The van der Waals surface area contributed by atoms with E-state index in [9.17, 15) is 14.4 Å². The predicted molar refractivity (Wildman–Crippen MR) is 123 cm³/mol. The molecule has 4 aromatic rings. The summed E-state index contributed by atoms with van der Waals surface area (Å²) in [6.45, 7) is 1.99. The van der Waals surface area contributed by atoms with E-state index in [1.165, 1.54) is 34.0 Å². The van der Waals surface area contributed by atoms with E-state index in [2.05, 4.69) is 9.97 Å². The second kappa shape index (κ2) is 8.86. The molecule has 0 bridgehead atoms. The first-order chi connectivity index (χ1) is 15.0. The van der Waals surface area contributed by atoms with E-state index in [1.807, 2.05) is 41.8 Å². The van der Waals surface area contributed by atoms with E-state index >= 15 is 0 Å².